The number of rotatable bonds is 11. The lowest BCUT2D eigenvalue weighted by molar-refractivity contribution is -0.136. The van der Waals surface area contributed by atoms with Gasteiger partial charge in [-0.2, -0.15) is 0 Å². The number of hydrogen-bond donors (Lipinski definition) is 1. The highest BCUT2D eigenvalue weighted by atomic mass is 16.2. The lowest BCUT2D eigenvalue weighted by atomic mass is 10.1. The Bertz CT molecular complexity index is 571. The molecule has 1 aliphatic rings. The summed E-state index contributed by atoms with van der Waals surface area (Å²) >= 11 is 0. The van der Waals surface area contributed by atoms with Crippen LogP contribution in [0.15, 0.2) is 43.0 Å². The Morgan fingerprint density at radius 2 is 1.77 bits per heavy atom. The van der Waals surface area contributed by atoms with Gasteiger partial charge in [-0.15, -0.1) is 6.58 Å². The molecule has 1 fully saturated rings. The highest BCUT2D eigenvalue weighted by Crippen LogP contribution is 2.21. The van der Waals surface area contributed by atoms with E-state index in [1.54, 1.807) is 4.90 Å². The van der Waals surface area contributed by atoms with Crippen molar-refractivity contribution in [3.8, 4) is 0 Å². The van der Waals surface area contributed by atoms with Crippen LogP contribution >= 0.6 is 0 Å². The largest absolute Gasteiger partial charge is 0.331 e. The minimum Gasteiger partial charge on any atom is -0.331 e. The predicted octanol–water partition coefficient (Wildman–Crippen LogP) is 4.92. The molecule has 1 saturated heterocycles. The normalized spacial score (nSPS) is 16.5. The molecule has 1 aromatic rings. The number of nitrogens with one attached hydrogen (secondary N) is 1. The van der Waals surface area contributed by atoms with Crippen molar-refractivity contribution in [2.75, 3.05) is 11.9 Å². The molecule has 1 heterocycles. The summed E-state index contributed by atoms with van der Waals surface area (Å²) in [7, 11) is 0. The van der Waals surface area contributed by atoms with Gasteiger partial charge in [-0.05, 0) is 44.2 Å². The molecule has 1 N–H and O–H groups in total. The van der Waals surface area contributed by atoms with Crippen molar-refractivity contribution in [1.82, 2.24) is 4.90 Å². The number of benzene rings is 1. The van der Waals surface area contributed by atoms with E-state index >= 15 is 0 Å². The van der Waals surface area contributed by atoms with Crippen LogP contribution in [-0.2, 0) is 9.59 Å². The third kappa shape index (κ3) is 6.66. The standard InChI is InChI=1S/C22H32N2O2/c1-2-3-4-5-6-7-8-12-17-21(25)24-18-13-16-20(24)22(26)23-19-14-10-9-11-15-19/h2,9-11,14-15,20H,1,3-8,12-13,16-18H2,(H,23,26). The second-order valence-electron chi connectivity index (χ2n) is 7.05. The quantitative estimate of drug-likeness (QED) is 0.452. The van der Waals surface area contributed by atoms with Crippen LogP contribution in [0, 0.1) is 0 Å². The summed E-state index contributed by atoms with van der Waals surface area (Å²) in [5.41, 5.74) is 0.785. The topological polar surface area (TPSA) is 49.4 Å². The molecule has 0 saturated carbocycles. The SMILES string of the molecule is C=CCCCCCCCCC(=O)N1CCCC1C(=O)Nc1ccccc1. The molecule has 0 aliphatic carbocycles. The van der Waals surface area contributed by atoms with Gasteiger partial charge in [-0.25, -0.2) is 0 Å². The molecule has 4 heteroatoms. The molecule has 0 bridgehead atoms. The van der Waals surface area contributed by atoms with E-state index in [0.717, 1.165) is 37.8 Å². The van der Waals surface area contributed by atoms with Crippen LogP contribution in [0.4, 0.5) is 5.69 Å². The van der Waals surface area contributed by atoms with Gasteiger partial charge < -0.3 is 10.2 Å². The first-order valence-corrected chi connectivity index (χ1v) is 9.98. The number of allylic oxidation sites excluding steroid dienone is 1. The average molecular weight is 357 g/mol. The van der Waals surface area contributed by atoms with Crippen molar-refractivity contribution < 1.29 is 9.59 Å². The second-order valence-corrected chi connectivity index (χ2v) is 7.05. The third-order valence-electron chi connectivity index (χ3n) is 4.97. The number of unbranched alkanes of at least 4 members (excludes halogenated alkanes) is 6. The molecule has 2 amide bonds. The minimum atomic E-state index is -0.318. The summed E-state index contributed by atoms with van der Waals surface area (Å²) in [6.07, 6.45) is 12.2. The molecule has 142 valence electrons. The number of anilines is 1. The van der Waals surface area contributed by atoms with E-state index in [-0.39, 0.29) is 17.9 Å². The minimum absolute atomic E-state index is 0.0655. The highest BCUT2D eigenvalue weighted by Gasteiger charge is 2.33. The molecule has 0 aromatic heterocycles. The Morgan fingerprint density at radius 1 is 1.08 bits per heavy atom. The van der Waals surface area contributed by atoms with Gasteiger partial charge in [0.1, 0.15) is 6.04 Å². The fraction of sp³-hybridized carbons (Fsp3) is 0.545. The number of carbonyl (C=O) groups is 2. The number of nitrogens with zero attached hydrogens (tertiary/aromatic N) is 1. The van der Waals surface area contributed by atoms with Crippen molar-refractivity contribution in [3.63, 3.8) is 0 Å². The van der Waals surface area contributed by atoms with E-state index in [9.17, 15) is 9.59 Å². The second kappa shape index (κ2) is 11.5. The smallest absolute Gasteiger partial charge is 0.247 e. The average Bonchev–Trinajstić information content (AvgIpc) is 3.14. The number of likely N-dealkylation sites (tertiary alicyclic amines) is 1. The van der Waals surface area contributed by atoms with Crippen molar-refractivity contribution in [2.45, 2.75) is 70.3 Å². The zero-order valence-corrected chi connectivity index (χ0v) is 15.8. The lowest BCUT2D eigenvalue weighted by Gasteiger charge is -2.24. The molecule has 0 radical (unpaired) electrons. The first kappa shape index (κ1) is 20.2. The third-order valence-corrected chi connectivity index (χ3v) is 4.97. The molecule has 1 aromatic carbocycles. The highest BCUT2D eigenvalue weighted by molar-refractivity contribution is 5.97. The van der Waals surface area contributed by atoms with Crippen LogP contribution in [0.1, 0.15) is 64.2 Å². The number of amides is 2. The molecule has 1 unspecified atom stereocenters. The summed E-state index contributed by atoms with van der Waals surface area (Å²) in [5, 5.41) is 2.93. The van der Waals surface area contributed by atoms with E-state index in [1.807, 2.05) is 36.4 Å². The maximum absolute atomic E-state index is 12.5. The molecule has 1 atom stereocenters. The first-order valence-electron chi connectivity index (χ1n) is 9.98. The van der Waals surface area contributed by atoms with Crippen LogP contribution in [0.3, 0.4) is 0 Å². The number of carbonyl (C=O) groups excluding carboxylic acids is 2. The van der Waals surface area contributed by atoms with Crippen LogP contribution in [0.5, 0.6) is 0 Å². The summed E-state index contributed by atoms with van der Waals surface area (Å²) in [4.78, 5) is 26.8. The van der Waals surface area contributed by atoms with Crippen molar-refractivity contribution >= 4 is 17.5 Å². The van der Waals surface area contributed by atoms with E-state index in [4.69, 9.17) is 0 Å². The Hall–Kier alpha value is -2.10. The van der Waals surface area contributed by atoms with Gasteiger partial charge in [0.05, 0.1) is 0 Å². The van der Waals surface area contributed by atoms with E-state index in [2.05, 4.69) is 11.9 Å². The van der Waals surface area contributed by atoms with Gasteiger partial charge in [-0.1, -0.05) is 50.0 Å². The Kier molecular flexibility index (Phi) is 8.94. The Labute approximate surface area is 157 Å². The van der Waals surface area contributed by atoms with Gasteiger partial charge >= 0.3 is 0 Å². The van der Waals surface area contributed by atoms with Gasteiger partial charge in [-0.3, -0.25) is 9.59 Å². The lowest BCUT2D eigenvalue weighted by Crippen LogP contribution is -2.43. The molecule has 1 aliphatic heterocycles. The molecular weight excluding hydrogens is 324 g/mol. The van der Waals surface area contributed by atoms with Crippen LogP contribution in [-0.4, -0.2) is 29.3 Å². The first-order chi connectivity index (χ1) is 12.7. The fourth-order valence-corrected chi connectivity index (χ4v) is 3.50. The van der Waals surface area contributed by atoms with Gasteiger partial charge in [0.15, 0.2) is 0 Å². The maximum atomic E-state index is 12.5. The number of hydrogen-bond acceptors (Lipinski definition) is 2. The summed E-state index contributed by atoms with van der Waals surface area (Å²) in [6.45, 7) is 4.44. The molecule has 0 spiro atoms. The Balaban J connectivity index is 1.68. The zero-order valence-electron chi connectivity index (χ0n) is 15.8. The predicted molar refractivity (Wildman–Crippen MR) is 107 cm³/mol. The molecule has 26 heavy (non-hydrogen) atoms. The molecular formula is C22H32N2O2. The fourth-order valence-electron chi connectivity index (χ4n) is 3.50. The van der Waals surface area contributed by atoms with Gasteiger partial charge in [0, 0.05) is 18.7 Å². The summed E-state index contributed by atoms with van der Waals surface area (Å²) in [6, 6.07) is 9.12. The van der Waals surface area contributed by atoms with E-state index < -0.39 is 0 Å². The molecule has 4 nitrogen and oxygen atoms in total. The van der Waals surface area contributed by atoms with Crippen LogP contribution < -0.4 is 5.32 Å². The maximum Gasteiger partial charge on any atom is 0.247 e. The van der Waals surface area contributed by atoms with Crippen molar-refractivity contribution in [2.24, 2.45) is 0 Å². The summed E-state index contributed by atoms with van der Waals surface area (Å²) < 4.78 is 0. The van der Waals surface area contributed by atoms with E-state index in [1.165, 1.54) is 25.7 Å². The molecule has 2 rings (SSSR count). The van der Waals surface area contributed by atoms with Crippen molar-refractivity contribution in [3.05, 3.63) is 43.0 Å². The van der Waals surface area contributed by atoms with Crippen LogP contribution in [0.2, 0.25) is 0 Å². The van der Waals surface area contributed by atoms with Crippen molar-refractivity contribution in [1.29, 1.82) is 0 Å². The summed E-state index contributed by atoms with van der Waals surface area (Å²) in [5.74, 6) is 0.0617. The zero-order chi connectivity index (χ0) is 18.6. The monoisotopic (exact) mass is 356 g/mol. The van der Waals surface area contributed by atoms with E-state index in [0.29, 0.717) is 13.0 Å². The number of para-hydroxylation sites is 1. The van der Waals surface area contributed by atoms with Crippen LogP contribution in [0.25, 0.3) is 0 Å². The van der Waals surface area contributed by atoms with Gasteiger partial charge in [0.25, 0.3) is 0 Å². The van der Waals surface area contributed by atoms with Gasteiger partial charge in [0.2, 0.25) is 11.8 Å². The Morgan fingerprint density at radius 3 is 2.50 bits per heavy atom.